The van der Waals surface area contributed by atoms with Gasteiger partial charge in [-0.3, -0.25) is 0 Å². The molecule has 0 amide bonds. The summed E-state index contributed by atoms with van der Waals surface area (Å²) in [5.41, 5.74) is 1.26. The summed E-state index contributed by atoms with van der Waals surface area (Å²) >= 11 is 5.87. The first-order chi connectivity index (χ1) is 7.79. The van der Waals surface area contributed by atoms with Crippen LogP contribution in [0.3, 0.4) is 0 Å². The molecule has 1 fully saturated rings. The molecule has 16 heavy (non-hydrogen) atoms. The molecule has 0 radical (unpaired) electrons. The summed E-state index contributed by atoms with van der Waals surface area (Å²) in [7, 11) is 0. The van der Waals surface area contributed by atoms with Crippen molar-refractivity contribution in [3.05, 3.63) is 34.9 Å². The van der Waals surface area contributed by atoms with Crippen LogP contribution in [0.4, 0.5) is 0 Å². The minimum absolute atomic E-state index is 0.283. The Labute approximate surface area is 103 Å². The molecule has 2 rings (SSSR count). The van der Waals surface area contributed by atoms with Crippen molar-refractivity contribution >= 4 is 11.6 Å². The SMILES string of the molecule is CCC[C@H]1CC[C@H](c2ccc(Cl)cc2)OC1. The van der Waals surface area contributed by atoms with E-state index in [1.54, 1.807) is 0 Å². The number of ether oxygens (including phenoxy) is 1. The normalized spacial score (nSPS) is 25.6. The van der Waals surface area contributed by atoms with Crippen LogP contribution in [0.1, 0.15) is 44.3 Å². The first-order valence-electron chi connectivity index (χ1n) is 6.16. The first kappa shape index (κ1) is 11.9. The number of hydrogen-bond donors (Lipinski definition) is 0. The molecule has 1 heterocycles. The van der Waals surface area contributed by atoms with Gasteiger partial charge >= 0.3 is 0 Å². The van der Waals surface area contributed by atoms with E-state index in [4.69, 9.17) is 16.3 Å². The Morgan fingerprint density at radius 3 is 2.56 bits per heavy atom. The fraction of sp³-hybridized carbons (Fsp3) is 0.571. The largest absolute Gasteiger partial charge is 0.373 e. The van der Waals surface area contributed by atoms with Crippen molar-refractivity contribution in [1.82, 2.24) is 0 Å². The average Bonchev–Trinajstić information content (AvgIpc) is 2.32. The standard InChI is InChI=1S/C14H19ClO/c1-2-3-11-4-9-14(16-10-11)12-5-7-13(15)8-6-12/h5-8,11,14H,2-4,9-10H2,1H3/t11-,14+/m0/s1. The van der Waals surface area contributed by atoms with Gasteiger partial charge in [-0.1, -0.05) is 37.1 Å². The highest BCUT2D eigenvalue weighted by Gasteiger charge is 2.22. The molecule has 1 aliphatic heterocycles. The van der Waals surface area contributed by atoms with Gasteiger partial charge in [0, 0.05) is 5.02 Å². The third kappa shape index (κ3) is 2.99. The van der Waals surface area contributed by atoms with Gasteiger partial charge in [0.25, 0.3) is 0 Å². The molecule has 1 saturated heterocycles. The van der Waals surface area contributed by atoms with Crippen LogP contribution >= 0.6 is 11.6 Å². The maximum atomic E-state index is 5.93. The molecule has 0 aliphatic carbocycles. The van der Waals surface area contributed by atoms with Crippen LogP contribution in [0.2, 0.25) is 5.02 Å². The summed E-state index contributed by atoms with van der Waals surface area (Å²) in [5, 5.41) is 0.795. The molecule has 2 heteroatoms. The Bertz CT molecular complexity index is 312. The predicted octanol–water partition coefficient (Wildman–Crippen LogP) is 4.61. The molecule has 0 N–H and O–H groups in total. The van der Waals surface area contributed by atoms with Crippen LogP contribution < -0.4 is 0 Å². The molecule has 1 aromatic rings. The summed E-state index contributed by atoms with van der Waals surface area (Å²) in [4.78, 5) is 0. The second-order valence-corrected chi connectivity index (χ2v) is 5.04. The van der Waals surface area contributed by atoms with Gasteiger partial charge < -0.3 is 4.74 Å². The lowest BCUT2D eigenvalue weighted by Gasteiger charge is -2.29. The van der Waals surface area contributed by atoms with Gasteiger partial charge in [0.2, 0.25) is 0 Å². The van der Waals surface area contributed by atoms with Crippen molar-refractivity contribution < 1.29 is 4.74 Å². The molecule has 0 unspecified atom stereocenters. The van der Waals surface area contributed by atoms with Gasteiger partial charge in [-0.15, -0.1) is 0 Å². The van der Waals surface area contributed by atoms with Crippen LogP contribution in [0.25, 0.3) is 0 Å². The second kappa shape index (κ2) is 5.70. The summed E-state index contributed by atoms with van der Waals surface area (Å²) < 4.78 is 5.93. The van der Waals surface area contributed by atoms with Gasteiger partial charge in [-0.05, 0) is 42.9 Å². The minimum Gasteiger partial charge on any atom is -0.373 e. The Balaban J connectivity index is 1.91. The highest BCUT2D eigenvalue weighted by Crippen LogP contribution is 2.32. The molecule has 1 nitrogen and oxygen atoms in total. The van der Waals surface area contributed by atoms with Crippen LogP contribution in [0.15, 0.2) is 24.3 Å². The Kier molecular flexibility index (Phi) is 4.25. The van der Waals surface area contributed by atoms with E-state index in [1.165, 1.54) is 24.8 Å². The molecule has 88 valence electrons. The van der Waals surface area contributed by atoms with Gasteiger partial charge in [0.05, 0.1) is 12.7 Å². The zero-order valence-electron chi connectivity index (χ0n) is 9.79. The van der Waals surface area contributed by atoms with Crippen molar-refractivity contribution in [2.75, 3.05) is 6.61 Å². The van der Waals surface area contributed by atoms with E-state index in [9.17, 15) is 0 Å². The molecular weight excluding hydrogens is 220 g/mol. The van der Waals surface area contributed by atoms with Crippen molar-refractivity contribution in [1.29, 1.82) is 0 Å². The predicted molar refractivity (Wildman–Crippen MR) is 67.8 cm³/mol. The molecule has 0 bridgehead atoms. The highest BCUT2D eigenvalue weighted by atomic mass is 35.5. The van der Waals surface area contributed by atoms with Crippen LogP contribution in [-0.4, -0.2) is 6.61 Å². The zero-order chi connectivity index (χ0) is 11.4. The van der Waals surface area contributed by atoms with E-state index in [-0.39, 0.29) is 6.10 Å². The third-order valence-corrected chi connectivity index (χ3v) is 3.56. The fourth-order valence-electron chi connectivity index (χ4n) is 2.38. The lowest BCUT2D eigenvalue weighted by molar-refractivity contribution is -0.0194. The Morgan fingerprint density at radius 1 is 1.25 bits per heavy atom. The Morgan fingerprint density at radius 2 is 2.00 bits per heavy atom. The third-order valence-electron chi connectivity index (χ3n) is 3.31. The van der Waals surface area contributed by atoms with E-state index in [0.29, 0.717) is 0 Å². The first-order valence-corrected chi connectivity index (χ1v) is 6.54. The maximum absolute atomic E-state index is 5.93. The number of hydrogen-bond acceptors (Lipinski definition) is 1. The molecule has 1 aliphatic rings. The lowest BCUT2D eigenvalue weighted by atomic mass is 9.92. The number of halogens is 1. The van der Waals surface area contributed by atoms with Gasteiger partial charge in [-0.25, -0.2) is 0 Å². The molecule has 0 spiro atoms. The van der Waals surface area contributed by atoms with Crippen molar-refractivity contribution in [2.24, 2.45) is 5.92 Å². The molecule has 1 aromatic carbocycles. The quantitative estimate of drug-likeness (QED) is 0.747. The van der Waals surface area contributed by atoms with E-state index >= 15 is 0 Å². The van der Waals surface area contributed by atoms with Gasteiger partial charge in [0.15, 0.2) is 0 Å². The van der Waals surface area contributed by atoms with Crippen molar-refractivity contribution in [3.8, 4) is 0 Å². The van der Waals surface area contributed by atoms with Gasteiger partial charge in [0.1, 0.15) is 0 Å². The van der Waals surface area contributed by atoms with E-state index in [0.717, 1.165) is 24.0 Å². The molecule has 0 saturated carbocycles. The molecule has 2 atom stereocenters. The average molecular weight is 239 g/mol. The number of benzene rings is 1. The Hall–Kier alpha value is -0.530. The molecular formula is C14H19ClO. The summed E-state index contributed by atoms with van der Waals surface area (Å²) in [6.07, 6.45) is 5.28. The van der Waals surface area contributed by atoms with Crippen LogP contribution in [-0.2, 0) is 4.74 Å². The van der Waals surface area contributed by atoms with Crippen molar-refractivity contribution in [3.63, 3.8) is 0 Å². The summed E-state index contributed by atoms with van der Waals surface area (Å²) in [6.45, 7) is 3.16. The highest BCUT2D eigenvalue weighted by molar-refractivity contribution is 6.30. The summed E-state index contributed by atoms with van der Waals surface area (Å²) in [5.74, 6) is 0.772. The van der Waals surface area contributed by atoms with E-state index in [2.05, 4.69) is 19.1 Å². The lowest BCUT2D eigenvalue weighted by Crippen LogP contribution is -2.20. The second-order valence-electron chi connectivity index (χ2n) is 4.61. The van der Waals surface area contributed by atoms with Crippen LogP contribution in [0.5, 0.6) is 0 Å². The number of rotatable bonds is 3. The van der Waals surface area contributed by atoms with E-state index < -0.39 is 0 Å². The smallest absolute Gasteiger partial charge is 0.0825 e. The van der Waals surface area contributed by atoms with E-state index in [1.807, 2.05) is 12.1 Å². The van der Waals surface area contributed by atoms with Crippen LogP contribution in [0, 0.1) is 5.92 Å². The van der Waals surface area contributed by atoms with Gasteiger partial charge in [-0.2, -0.15) is 0 Å². The fourth-order valence-corrected chi connectivity index (χ4v) is 2.51. The molecule has 0 aromatic heterocycles. The zero-order valence-corrected chi connectivity index (χ0v) is 10.5. The maximum Gasteiger partial charge on any atom is 0.0825 e. The van der Waals surface area contributed by atoms with Crippen molar-refractivity contribution in [2.45, 2.75) is 38.7 Å². The minimum atomic E-state index is 0.283. The topological polar surface area (TPSA) is 9.23 Å². The monoisotopic (exact) mass is 238 g/mol. The summed E-state index contributed by atoms with van der Waals surface area (Å²) in [6, 6.07) is 8.04.